The molecule has 0 bridgehead atoms. The first kappa shape index (κ1) is 30.1. The van der Waals surface area contributed by atoms with Crippen LogP contribution in [0, 0.1) is 5.92 Å². The molecule has 9 heteroatoms. The fourth-order valence-corrected chi connectivity index (χ4v) is 3.23. The maximum atomic E-state index is 12.5. The lowest BCUT2D eigenvalue weighted by atomic mass is 10.0. The first-order valence-corrected chi connectivity index (χ1v) is 12.2. The third-order valence-electron chi connectivity index (χ3n) is 5.24. The molecule has 0 radical (unpaired) electrons. The maximum Gasteiger partial charge on any atom is 0.407 e. The molecule has 0 aliphatic carbocycles. The second kappa shape index (κ2) is 15.1. The van der Waals surface area contributed by atoms with Crippen molar-refractivity contribution < 1.29 is 29.0 Å². The minimum Gasteiger partial charge on any atom is -0.444 e. The van der Waals surface area contributed by atoms with Crippen LogP contribution in [0.2, 0.25) is 0 Å². The van der Waals surface area contributed by atoms with E-state index in [9.17, 15) is 19.2 Å². The minimum atomic E-state index is -0.681. The van der Waals surface area contributed by atoms with Gasteiger partial charge in [0, 0.05) is 31.6 Å². The molecule has 0 saturated carbocycles. The van der Waals surface area contributed by atoms with Gasteiger partial charge >= 0.3 is 6.09 Å². The molecule has 4 amide bonds. The fourth-order valence-electron chi connectivity index (χ4n) is 3.23. The highest BCUT2D eigenvalue weighted by Gasteiger charge is 2.21. The lowest BCUT2D eigenvalue weighted by Gasteiger charge is -2.21. The quantitative estimate of drug-likeness (QED) is 0.363. The Labute approximate surface area is 208 Å². The van der Waals surface area contributed by atoms with Crippen LogP contribution in [0.5, 0.6) is 0 Å². The molecule has 1 unspecified atom stereocenters. The lowest BCUT2D eigenvalue weighted by molar-refractivity contribution is -0.147. The number of nitrogens with one attached hydrogen (secondary N) is 2. The Hall–Kier alpha value is -2.94. The largest absolute Gasteiger partial charge is 0.444 e. The zero-order valence-electron chi connectivity index (χ0n) is 21.7. The van der Waals surface area contributed by atoms with E-state index in [1.54, 1.807) is 45.0 Å². The molecule has 1 atom stereocenters. The molecule has 0 heterocycles. The number of nitrogens with zero attached hydrogens (tertiary/aromatic N) is 1. The molecule has 0 saturated heterocycles. The van der Waals surface area contributed by atoms with Gasteiger partial charge in [-0.3, -0.25) is 19.3 Å². The highest BCUT2D eigenvalue weighted by atomic mass is 16.6. The molecule has 1 aromatic rings. The van der Waals surface area contributed by atoms with Crippen LogP contribution >= 0.6 is 0 Å². The molecule has 1 rings (SSSR count). The number of hydrogen-bond donors (Lipinski definition) is 3. The van der Waals surface area contributed by atoms with E-state index in [1.165, 1.54) is 0 Å². The van der Waals surface area contributed by atoms with Crippen LogP contribution in [-0.4, -0.2) is 59.1 Å². The van der Waals surface area contributed by atoms with Crippen molar-refractivity contribution in [2.24, 2.45) is 5.92 Å². The van der Waals surface area contributed by atoms with E-state index in [0.717, 1.165) is 29.7 Å². The number of imide groups is 1. The minimum absolute atomic E-state index is 0.0296. The van der Waals surface area contributed by atoms with E-state index in [-0.39, 0.29) is 30.7 Å². The van der Waals surface area contributed by atoms with Gasteiger partial charge in [-0.25, -0.2) is 4.79 Å². The van der Waals surface area contributed by atoms with Gasteiger partial charge < -0.3 is 20.5 Å². The van der Waals surface area contributed by atoms with Crippen LogP contribution in [0.25, 0.3) is 0 Å². The number of hydrogen-bond acceptors (Lipinski definition) is 6. The van der Waals surface area contributed by atoms with Crippen LogP contribution in [0.1, 0.15) is 82.6 Å². The summed E-state index contributed by atoms with van der Waals surface area (Å²) in [6.07, 6.45) is 2.78. The number of ether oxygens (including phenoxy) is 1. The van der Waals surface area contributed by atoms with Crippen LogP contribution in [-0.2, 0) is 20.9 Å². The number of amides is 4. The summed E-state index contributed by atoms with van der Waals surface area (Å²) >= 11 is 0. The number of alkyl carbamates (subject to hydrolysis) is 1. The molecule has 0 aromatic heterocycles. The number of aliphatic hydroxyl groups excluding tert-OH is 1. The number of rotatable bonds is 13. The second-order valence-corrected chi connectivity index (χ2v) is 9.71. The molecule has 0 fully saturated rings. The van der Waals surface area contributed by atoms with Crippen molar-refractivity contribution in [2.75, 3.05) is 19.7 Å². The summed E-state index contributed by atoms with van der Waals surface area (Å²) in [4.78, 5) is 49.7. The summed E-state index contributed by atoms with van der Waals surface area (Å²) in [7, 11) is 0. The normalized spacial score (nSPS) is 11.9. The number of benzene rings is 1. The summed E-state index contributed by atoms with van der Waals surface area (Å²) < 4.78 is 5.20. The van der Waals surface area contributed by atoms with Crippen molar-refractivity contribution in [1.29, 1.82) is 0 Å². The molecular weight excluding hydrogens is 450 g/mol. The molecule has 35 heavy (non-hydrogen) atoms. The van der Waals surface area contributed by atoms with Gasteiger partial charge in [0.2, 0.25) is 5.91 Å². The predicted molar refractivity (Wildman–Crippen MR) is 134 cm³/mol. The van der Waals surface area contributed by atoms with Gasteiger partial charge in [-0.05, 0) is 57.2 Å². The van der Waals surface area contributed by atoms with Gasteiger partial charge in [0.25, 0.3) is 11.8 Å². The number of carbonyl (C=O) groups excluding carboxylic acids is 4. The van der Waals surface area contributed by atoms with Crippen LogP contribution in [0.15, 0.2) is 24.3 Å². The molecular formula is C26H41N3O6. The van der Waals surface area contributed by atoms with Crippen LogP contribution < -0.4 is 10.6 Å². The smallest absolute Gasteiger partial charge is 0.407 e. The summed E-state index contributed by atoms with van der Waals surface area (Å²) in [6, 6.07) is 6.90. The monoisotopic (exact) mass is 491 g/mol. The van der Waals surface area contributed by atoms with Crippen molar-refractivity contribution in [3.05, 3.63) is 35.4 Å². The SMILES string of the molecule is CCCCCN(C(=O)CO)C(=O)CCC(C)CNC(=O)c1ccc(CNC(=O)OC(C)(C)C)cc1. The first-order chi connectivity index (χ1) is 16.5. The van der Waals surface area contributed by atoms with Crippen molar-refractivity contribution in [3.63, 3.8) is 0 Å². The lowest BCUT2D eigenvalue weighted by Crippen LogP contribution is -2.39. The van der Waals surface area contributed by atoms with E-state index in [0.29, 0.717) is 25.1 Å². The van der Waals surface area contributed by atoms with E-state index in [1.807, 2.05) is 13.8 Å². The molecule has 0 aliphatic heterocycles. The van der Waals surface area contributed by atoms with Crippen molar-refractivity contribution in [3.8, 4) is 0 Å². The van der Waals surface area contributed by atoms with Gasteiger partial charge in [0.05, 0.1) is 0 Å². The van der Waals surface area contributed by atoms with Crippen molar-refractivity contribution in [2.45, 2.75) is 78.9 Å². The molecule has 0 aliphatic rings. The molecule has 9 nitrogen and oxygen atoms in total. The average Bonchev–Trinajstić information content (AvgIpc) is 2.81. The van der Waals surface area contributed by atoms with Crippen molar-refractivity contribution >= 4 is 23.8 Å². The highest BCUT2D eigenvalue weighted by Crippen LogP contribution is 2.11. The third-order valence-corrected chi connectivity index (χ3v) is 5.24. The second-order valence-electron chi connectivity index (χ2n) is 9.71. The Kier molecular flexibility index (Phi) is 13.0. The first-order valence-electron chi connectivity index (χ1n) is 12.2. The van der Waals surface area contributed by atoms with Gasteiger partial charge in [0.15, 0.2) is 0 Å². The molecule has 3 N–H and O–H groups in total. The summed E-state index contributed by atoms with van der Waals surface area (Å²) in [5.74, 6) is -1.07. The maximum absolute atomic E-state index is 12.5. The van der Waals surface area contributed by atoms with Gasteiger partial charge in [-0.2, -0.15) is 0 Å². The Morgan fingerprint density at radius 3 is 2.26 bits per heavy atom. The topological polar surface area (TPSA) is 125 Å². The van der Waals surface area contributed by atoms with Gasteiger partial charge in [-0.1, -0.05) is 38.8 Å². The average molecular weight is 492 g/mol. The number of unbranched alkanes of at least 4 members (excludes halogenated alkanes) is 2. The van der Waals surface area contributed by atoms with Crippen molar-refractivity contribution in [1.82, 2.24) is 15.5 Å². The highest BCUT2D eigenvalue weighted by molar-refractivity contribution is 5.96. The Morgan fingerprint density at radius 1 is 1.03 bits per heavy atom. The Balaban J connectivity index is 2.45. The summed E-state index contributed by atoms with van der Waals surface area (Å²) in [5, 5.41) is 14.7. The van der Waals surface area contributed by atoms with E-state index in [2.05, 4.69) is 10.6 Å². The molecule has 196 valence electrons. The van der Waals surface area contributed by atoms with Gasteiger partial charge in [-0.15, -0.1) is 0 Å². The van der Waals surface area contributed by atoms with Crippen LogP contribution in [0.4, 0.5) is 4.79 Å². The summed E-state index contributed by atoms with van der Waals surface area (Å²) in [5.41, 5.74) is 0.756. The third kappa shape index (κ3) is 12.4. The Morgan fingerprint density at radius 2 is 1.69 bits per heavy atom. The molecule has 0 spiro atoms. The van der Waals surface area contributed by atoms with Gasteiger partial charge in [0.1, 0.15) is 12.2 Å². The van der Waals surface area contributed by atoms with E-state index >= 15 is 0 Å². The predicted octanol–water partition coefficient (Wildman–Crippen LogP) is 3.40. The van der Waals surface area contributed by atoms with Crippen LogP contribution in [0.3, 0.4) is 0 Å². The number of carbonyl (C=O) groups is 4. The number of aliphatic hydroxyl groups is 1. The summed E-state index contributed by atoms with van der Waals surface area (Å²) in [6.45, 7) is 9.65. The van der Waals surface area contributed by atoms with E-state index in [4.69, 9.17) is 9.84 Å². The fraction of sp³-hybridized carbons (Fsp3) is 0.615. The van der Waals surface area contributed by atoms with E-state index < -0.39 is 24.2 Å². The Bertz CT molecular complexity index is 832. The zero-order valence-corrected chi connectivity index (χ0v) is 21.7. The molecule has 1 aromatic carbocycles. The zero-order chi connectivity index (χ0) is 26.4. The standard InChI is InChI=1S/C26H41N3O6/c1-6-7-8-15-29(23(32)18-30)22(31)14-9-19(2)16-27-24(33)21-12-10-20(11-13-21)17-28-25(34)35-26(3,4)5/h10-13,19,30H,6-9,14-18H2,1-5H3,(H,27,33)(H,28,34).